The van der Waals surface area contributed by atoms with Crippen LogP contribution in [0.15, 0.2) is 85.1 Å². The van der Waals surface area contributed by atoms with Crippen LogP contribution < -0.4 is 20.7 Å². The van der Waals surface area contributed by atoms with Gasteiger partial charge in [0.15, 0.2) is 5.65 Å². The topological polar surface area (TPSA) is 159 Å². The summed E-state index contributed by atoms with van der Waals surface area (Å²) in [6.07, 6.45) is 9.22. The van der Waals surface area contributed by atoms with Crippen LogP contribution in [-0.2, 0) is 9.59 Å². The van der Waals surface area contributed by atoms with Crippen LogP contribution >= 0.6 is 0 Å². The summed E-state index contributed by atoms with van der Waals surface area (Å²) in [4.78, 5) is 64.0. The van der Waals surface area contributed by atoms with E-state index in [9.17, 15) is 19.2 Å². The minimum absolute atomic E-state index is 0.107. The first-order chi connectivity index (χ1) is 30.2. The lowest BCUT2D eigenvalue weighted by Gasteiger charge is -2.56. The van der Waals surface area contributed by atoms with Crippen molar-refractivity contribution in [1.29, 1.82) is 0 Å². The first kappa shape index (κ1) is 38.8. The predicted molar refractivity (Wildman–Crippen MR) is 234 cm³/mol. The lowest BCUT2D eigenvalue weighted by Crippen LogP contribution is -2.58. The summed E-state index contributed by atoms with van der Waals surface area (Å²) < 4.78 is 8.17. The average Bonchev–Trinajstić information content (AvgIpc) is 3.77. The molecule has 3 aromatic carbocycles. The van der Waals surface area contributed by atoms with Crippen molar-refractivity contribution in [1.82, 2.24) is 34.8 Å². The minimum Gasteiger partial charge on any atom is -0.457 e. The highest BCUT2D eigenvalue weighted by molar-refractivity contribution is 6.23. The van der Waals surface area contributed by atoms with Crippen molar-refractivity contribution in [3.8, 4) is 22.8 Å². The summed E-state index contributed by atoms with van der Waals surface area (Å²) in [5.41, 5.74) is 12.0. The van der Waals surface area contributed by atoms with Crippen LogP contribution in [-0.4, -0.2) is 111 Å². The monoisotopic (exact) mass is 833 g/mol. The zero-order valence-corrected chi connectivity index (χ0v) is 34.7. The van der Waals surface area contributed by atoms with Crippen LogP contribution in [0.2, 0.25) is 0 Å². The minimum atomic E-state index is -0.953. The lowest BCUT2D eigenvalue weighted by molar-refractivity contribution is -0.136. The number of benzene rings is 3. The Kier molecular flexibility index (Phi) is 9.60. The molecule has 14 heteroatoms. The highest BCUT2D eigenvalue weighted by atomic mass is 16.5. The number of ether oxygens (including phenoxy) is 1. The molecule has 14 nitrogen and oxygen atoms in total. The third-order valence-electron chi connectivity index (χ3n) is 14.6. The average molecular weight is 834 g/mol. The Morgan fingerprint density at radius 3 is 2.26 bits per heavy atom. The summed E-state index contributed by atoms with van der Waals surface area (Å²) in [5.74, 6) is 0.227. The molecule has 1 atom stereocenters. The molecule has 1 saturated carbocycles. The summed E-state index contributed by atoms with van der Waals surface area (Å²) in [5, 5.41) is 8.36. The Labute approximate surface area is 360 Å². The van der Waals surface area contributed by atoms with Gasteiger partial charge in [0.1, 0.15) is 23.2 Å². The fourth-order valence-electron chi connectivity index (χ4n) is 11.1. The molecule has 5 fully saturated rings. The number of nitrogen functional groups attached to an aromatic ring is 1. The van der Waals surface area contributed by atoms with Crippen molar-refractivity contribution in [2.75, 3.05) is 56.4 Å². The zero-order valence-electron chi connectivity index (χ0n) is 34.7. The third kappa shape index (κ3) is 6.89. The fraction of sp³-hybridized carbons (Fsp3) is 0.417. The highest BCUT2D eigenvalue weighted by Gasteiger charge is 2.49. The van der Waals surface area contributed by atoms with Crippen molar-refractivity contribution in [2.24, 2.45) is 11.3 Å². The van der Waals surface area contributed by atoms with E-state index < -0.39 is 23.8 Å². The van der Waals surface area contributed by atoms with E-state index >= 15 is 0 Å². The van der Waals surface area contributed by atoms with Crippen LogP contribution in [0.5, 0.6) is 11.5 Å². The molecule has 1 spiro atoms. The van der Waals surface area contributed by atoms with Crippen LogP contribution in [0.1, 0.15) is 78.1 Å². The Bertz CT molecular complexity index is 2560. The number of amides is 4. The van der Waals surface area contributed by atoms with Gasteiger partial charge < -0.3 is 25.2 Å². The number of pyridine rings is 1. The first-order valence-electron chi connectivity index (χ1n) is 22.2. The Morgan fingerprint density at radius 1 is 0.790 bits per heavy atom. The van der Waals surface area contributed by atoms with Gasteiger partial charge in [0.25, 0.3) is 11.8 Å². The van der Waals surface area contributed by atoms with E-state index in [0.717, 1.165) is 103 Å². The Hall–Kier alpha value is -6.12. The van der Waals surface area contributed by atoms with Crippen molar-refractivity contribution < 1.29 is 23.9 Å². The van der Waals surface area contributed by atoms with Gasteiger partial charge in [0.05, 0.1) is 22.6 Å². The summed E-state index contributed by atoms with van der Waals surface area (Å²) in [7, 11) is 0. The van der Waals surface area contributed by atoms with E-state index in [-0.39, 0.29) is 24.8 Å². The number of nitrogens with two attached hydrogens (primary N) is 1. The van der Waals surface area contributed by atoms with Crippen LogP contribution in [0.4, 0.5) is 11.4 Å². The summed E-state index contributed by atoms with van der Waals surface area (Å²) in [6.45, 7) is 7.31. The number of aromatic nitrogens is 3. The van der Waals surface area contributed by atoms with Crippen LogP contribution in [0.3, 0.4) is 0 Å². The molecular formula is C48H51N9O5. The molecule has 318 valence electrons. The molecule has 0 bridgehead atoms. The standard InChI is InChI=1S/C48H51N9O5/c49-39-14-19-50-44-42(39)43(31-6-9-36(10-7-31)62-35-4-2-1-3-5-35)52-57(44)32-15-20-54(21-16-32)34-25-48(26-34)17-22-53(23-18-48)27-30-28-55(29-30)33-8-11-37-38(24-33)47(61)56(46(37)60)40-12-13-41(58)51-45(40)59/h1-11,14,19,24,30,32,34,40H,12-13,15-18,20-23,25-29H2,(H2,49,50)(H,51,58,59). The number of fused-ring (bicyclic) bond motifs is 2. The SMILES string of the molecule is Nc1ccnc2c1c(-c1ccc(Oc3ccccc3)cc1)nn2C1CCN(C2CC3(CCN(CC4CN(c5ccc6c(c5)C(=O)N(C5CCC(=O)NC5=O)C6=O)C4)CC3)C2)CC1. The van der Waals surface area contributed by atoms with Crippen molar-refractivity contribution in [2.45, 2.75) is 69.5 Å². The summed E-state index contributed by atoms with van der Waals surface area (Å²) in [6, 6.07) is 25.1. The smallest absolute Gasteiger partial charge is 0.262 e. The molecule has 5 aromatic rings. The van der Waals surface area contributed by atoms with Gasteiger partial charge >= 0.3 is 0 Å². The van der Waals surface area contributed by atoms with Gasteiger partial charge in [-0.2, -0.15) is 5.10 Å². The second-order valence-electron chi connectivity index (χ2n) is 18.4. The molecule has 11 rings (SSSR count). The maximum atomic E-state index is 13.3. The van der Waals surface area contributed by atoms with E-state index in [4.69, 9.17) is 20.6 Å². The van der Waals surface area contributed by atoms with Gasteiger partial charge in [-0.25, -0.2) is 9.67 Å². The molecule has 7 heterocycles. The van der Waals surface area contributed by atoms with E-state index in [2.05, 4.69) is 24.7 Å². The molecule has 1 aliphatic carbocycles. The lowest BCUT2D eigenvalue weighted by atomic mass is 9.59. The second-order valence-corrected chi connectivity index (χ2v) is 18.4. The molecule has 4 amide bonds. The molecule has 6 aliphatic rings. The number of piperidine rings is 3. The van der Waals surface area contributed by atoms with Crippen molar-refractivity contribution in [3.63, 3.8) is 0 Å². The number of hydrogen-bond donors (Lipinski definition) is 2. The third-order valence-corrected chi connectivity index (χ3v) is 14.6. The first-order valence-corrected chi connectivity index (χ1v) is 22.2. The molecule has 1 unspecified atom stereocenters. The van der Waals surface area contributed by atoms with Gasteiger partial charge in [-0.05, 0) is 124 Å². The number of para-hydroxylation sites is 1. The van der Waals surface area contributed by atoms with Gasteiger partial charge in [-0.15, -0.1) is 0 Å². The van der Waals surface area contributed by atoms with Crippen LogP contribution in [0, 0.1) is 11.3 Å². The van der Waals surface area contributed by atoms with E-state index in [1.807, 2.05) is 66.7 Å². The number of imide groups is 2. The molecule has 62 heavy (non-hydrogen) atoms. The van der Waals surface area contributed by atoms with Crippen LogP contribution in [0.25, 0.3) is 22.3 Å². The molecule has 2 aromatic heterocycles. The van der Waals surface area contributed by atoms with Gasteiger partial charge in [0, 0.05) is 74.2 Å². The number of carbonyl (C=O) groups is 4. The maximum Gasteiger partial charge on any atom is 0.262 e. The fourth-order valence-corrected chi connectivity index (χ4v) is 11.1. The normalized spacial score (nSPS) is 22.5. The van der Waals surface area contributed by atoms with E-state index in [1.54, 1.807) is 18.3 Å². The number of likely N-dealkylation sites (tertiary alicyclic amines) is 2. The number of nitrogens with zero attached hydrogens (tertiary/aromatic N) is 7. The van der Waals surface area contributed by atoms with Gasteiger partial charge in [0.2, 0.25) is 11.8 Å². The zero-order chi connectivity index (χ0) is 42.1. The number of carbonyl (C=O) groups excluding carboxylic acids is 4. The summed E-state index contributed by atoms with van der Waals surface area (Å²) >= 11 is 0. The second kappa shape index (κ2) is 15.3. The largest absolute Gasteiger partial charge is 0.457 e. The van der Waals surface area contributed by atoms with Gasteiger partial charge in [-0.3, -0.25) is 29.4 Å². The van der Waals surface area contributed by atoms with Crippen molar-refractivity contribution in [3.05, 3.63) is 96.2 Å². The molecule has 0 radical (unpaired) electrons. The van der Waals surface area contributed by atoms with E-state index in [0.29, 0.717) is 34.2 Å². The molecule has 5 aliphatic heterocycles. The number of anilines is 2. The predicted octanol–water partition coefficient (Wildman–Crippen LogP) is 5.89. The van der Waals surface area contributed by atoms with Crippen molar-refractivity contribution >= 4 is 46.0 Å². The molecule has 4 saturated heterocycles. The quantitative estimate of drug-likeness (QED) is 0.171. The maximum absolute atomic E-state index is 13.3. The highest BCUT2D eigenvalue weighted by Crippen LogP contribution is 2.52. The van der Waals surface area contributed by atoms with E-state index in [1.165, 1.54) is 25.7 Å². The van der Waals surface area contributed by atoms with Gasteiger partial charge in [-0.1, -0.05) is 18.2 Å². The number of hydrogen-bond acceptors (Lipinski definition) is 11. The number of rotatable bonds is 9. The molecule has 3 N–H and O–H groups in total. The molecular weight excluding hydrogens is 783 g/mol. The number of nitrogens with one attached hydrogen (secondary N) is 1. The Morgan fingerprint density at radius 2 is 1.52 bits per heavy atom. The Balaban J connectivity index is 0.649.